The first-order valence-corrected chi connectivity index (χ1v) is 6.81. The summed E-state index contributed by atoms with van der Waals surface area (Å²) in [5.41, 5.74) is 2.59. The number of ether oxygens (including phenoxy) is 1. The topological polar surface area (TPSA) is 21.3 Å². The van der Waals surface area contributed by atoms with E-state index < -0.39 is 0 Å². The third kappa shape index (κ3) is 3.17. The van der Waals surface area contributed by atoms with Crippen LogP contribution in [0.25, 0.3) is 0 Å². The Hall–Kier alpha value is -1.87. The van der Waals surface area contributed by atoms with E-state index in [0.29, 0.717) is 12.2 Å². The molecule has 0 aliphatic carbocycles. The predicted molar refractivity (Wildman–Crippen MR) is 79.7 cm³/mol. The molecule has 2 rings (SSSR count). The van der Waals surface area contributed by atoms with Gasteiger partial charge in [-0.2, -0.15) is 0 Å². The van der Waals surface area contributed by atoms with Gasteiger partial charge in [0, 0.05) is 5.56 Å². The van der Waals surface area contributed by atoms with Crippen molar-refractivity contribution >= 4 is 0 Å². The van der Waals surface area contributed by atoms with Gasteiger partial charge >= 0.3 is 0 Å². The lowest BCUT2D eigenvalue weighted by atomic mass is 9.97. The van der Waals surface area contributed by atoms with Crippen molar-refractivity contribution in [2.24, 2.45) is 0 Å². The number of hydrogen-bond acceptors (Lipinski definition) is 2. The van der Waals surface area contributed by atoms with Crippen LogP contribution in [-0.4, -0.2) is 13.7 Å². The van der Waals surface area contributed by atoms with Gasteiger partial charge in [0.05, 0.1) is 12.6 Å². The summed E-state index contributed by atoms with van der Waals surface area (Å²) in [6, 6.07) is 12.9. The van der Waals surface area contributed by atoms with Crippen molar-refractivity contribution < 1.29 is 9.13 Å². The molecule has 0 radical (unpaired) electrons. The van der Waals surface area contributed by atoms with Gasteiger partial charge in [-0.25, -0.2) is 4.39 Å². The van der Waals surface area contributed by atoms with Crippen LogP contribution in [0.3, 0.4) is 0 Å². The molecule has 0 aromatic heterocycles. The summed E-state index contributed by atoms with van der Waals surface area (Å²) in [7, 11) is 1.83. The number of hydrogen-bond donors (Lipinski definition) is 1. The van der Waals surface area contributed by atoms with E-state index in [-0.39, 0.29) is 11.9 Å². The average Bonchev–Trinajstić information content (AvgIpc) is 2.44. The lowest BCUT2D eigenvalue weighted by molar-refractivity contribution is 0.340. The molecule has 0 saturated carbocycles. The molecule has 0 bridgehead atoms. The largest absolute Gasteiger partial charge is 0.494 e. The van der Waals surface area contributed by atoms with E-state index in [1.54, 1.807) is 6.07 Å². The normalized spacial score (nSPS) is 12.2. The minimum atomic E-state index is -0.182. The Balaban J connectivity index is 2.31. The van der Waals surface area contributed by atoms with E-state index in [0.717, 1.165) is 16.9 Å². The smallest absolute Gasteiger partial charge is 0.128 e. The summed E-state index contributed by atoms with van der Waals surface area (Å²) in [5, 5.41) is 3.17. The molecule has 0 aliphatic rings. The summed E-state index contributed by atoms with van der Waals surface area (Å²) in [6.07, 6.45) is 0. The highest BCUT2D eigenvalue weighted by Gasteiger charge is 2.16. The standard InChI is InChI=1S/C17H20FNO/c1-4-20-14-8-6-13(7-9-14)17(19-3)15-10-5-12(2)11-16(15)18/h5-11,17,19H,4H2,1-3H3. The number of halogens is 1. The third-order valence-corrected chi connectivity index (χ3v) is 3.28. The second-order valence-electron chi connectivity index (χ2n) is 4.75. The van der Waals surface area contributed by atoms with Crippen molar-refractivity contribution in [1.82, 2.24) is 5.32 Å². The van der Waals surface area contributed by atoms with E-state index in [4.69, 9.17) is 4.74 Å². The molecular formula is C17H20FNO. The molecule has 0 aliphatic heterocycles. The Morgan fingerprint density at radius 2 is 1.85 bits per heavy atom. The van der Waals surface area contributed by atoms with Crippen LogP contribution in [0.2, 0.25) is 0 Å². The van der Waals surface area contributed by atoms with Gasteiger partial charge in [0.25, 0.3) is 0 Å². The van der Waals surface area contributed by atoms with Crippen LogP contribution in [-0.2, 0) is 0 Å². The van der Waals surface area contributed by atoms with Crippen LogP contribution in [0.15, 0.2) is 42.5 Å². The molecule has 20 heavy (non-hydrogen) atoms. The molecule has 0 spiro atoms. The van der Waals surface area contributed by atoms with Crippen LogP contribution in [0.5, 0.6) is 5.75 Å². The molecule has 106 valence electrons. The maximum atomic E-state index is 14.1. The van der Waals surface area contributed by atoms with Crippen LogP contribution in [0.1, 0.15) is 29.7 Å². The average molecular weight is 273 g/mol. The van der Waals surface area contributed by atoms with Crippen molar-refractivity contribution in [1.29, 1.82) is 0 Å². The third-order valence-electron chi connectivity index (χ3n) is 3.28. The van der Waals surface area contributed by atoms with Gasteiger partial charge in [-0.3, -0.25) is 0 Å². The first-order valence-electron chi connectivity index (χ1n) is 6.81. The van der Waals surface area contributed by atoms with Gasteiger partial charge in [0.15, 0.2) is 0 Å². The molecule has 2 aromatic rings. The molecule has 0 heterocycles. The molecule has 0 fully saturated rings. The van der Waals surface area contributed by atoms with Gasteiger partial charge in [-0.1, -0.05) is 24.3 Å². The molecular weight excluding hydrogens is 253 g/mol. The van der Waals surface area contributed by atoms with Gasteiger partial charge in [-0.05, 0) is 50.2 Å². The first-order chi connectivity index (χ1) is 9.65. The number of rotatable bonds is 5. The zero-order valence-electron chi connectivity index (χ0n) is 12.1. The summed E-state index contributed by atoms with van der Waals surface area (Å²) < 4.78 is 19.5. The summed E-state index contributed by atoms with van der Waals surface area (Å²) in [6.45, 7) is 4.48. The number of nitrogens with one attached hydrogen (secondary N) is 1. The van der Waals surface area contributed by atoms with Crippen molar-refractivity contribution in [2.45, 2.75) is 19.9 Å². The fourth-order valence-electron chi connectivity index (χ4n) is 2.29. The fourth-order valence-corrected chi connectivity index (χ4v) is 2.29. The van der Waals surface area contributed by atoms with E-state index in [9.17, 15) is 4.39 Å². The zero-order valence-corrected chi connectivity index (χ0v) is 12.1. The van der Waals surface area contributed by atoms with Crippen molar-refractivity contribution in [3.63, 3.8) is 0 Å². The zero-order chi connectivity index (χ0) is 14.5. The molecule has 3 heteroatoms. The lowest BCUT2D eigenvalue weighted by Gasteiger charge is -2.18. The summed E-state index contributed by atoms with van der Waals surface area (Å²) in [5.74, 6) is 0.647. The molecule has 1 unspecified atom stereocenters. The second kappa shape index (κ2) is 6.53. The maximum Gasteiger partial charge on any atom is 0.128 e. The van der Waals surface area contributed by atoms with Gasteiger partial charge in [0.1, 0.15) is 11.6 Å². The van der Waals surface area contributed by atoms with Gasteiger partial charge in [0.2, 0.25) is 0 Å². The minimum absolute atomic E-state index is 0.161. The lowest BCUT2D eigenvalue weighted by Crippen LogP contribution is -2.19. The Bertz CT molecular complexity index is 566. The van der Waals surface area contributed by atoms with Gasteiger partial charge in [-0.15, -0.1) is 0 Å². The van der Waals surface area contributed by atoms with E-state index >= 15 is 0 Å². The number of aryl methyl sites for hydroxylation is 1. The van der Waals surface area contributed by atoms with Crippen LogP contribution < -0.4 is 10.1 Å². The van der Waals surface area contributed by atoms with Gasteiger partial charge < -0.3 is 10.1 Å². The molecule has 2 nitrogen and oxygen atoms in total. The fraction of sp³-hybridized carbons (Fsp3) is 0.294. The van der Waals surface area contributed by atoms with Crippen molar-refractivity contribution in [3.05, 3.63) is 65.0 Å². The Kier molecular flexibility index (Phi) is 4.74. The highest BCUT2D eigenvalue weighted by atomic mass is 19.1. The first kappa shape index (κ1) is 14.5. The predicted octanol–water partition coefficient (Wildman–Crippen LogP) is 3.84. The summed E-state index contributed by atoms with van der Waals surface area (Å²) >= 11 is 0. The maximum absolute atomic E-state index is 14.1. The highest BCUT2D eigenvalue weighted by Crippen LogP contribution is 2.26. The highest BCUT2D eigenvalue weighted by molar-refractivity contribution is 5.37. The Labute approximate surface area is 119 Å². The molecule has 1 N–H and O–H groups in total. The van der Waals surface area contributed by atoms with Crippen molar-refractivity contribution in [3.8, 4) is 5.75 Å². The molecule has 0 amide bonds. The Morgan fingerprint density at radius 1 is 1.15 bits per heavy atom. The number of benzene rings is 2. The van der Waals surface area contributed by atoms with Crippen LogP contribution in [0, 0.1) is 12.7 Å². The van der Waals surface area contributed by atoms with Crippen LogP contribution >= 0.6 is 0 Å². The summed E-state index contributed by atoms with van der Waals surface area (Å²) in [4.78, 5) is 0. The second-order valence-corrected chi connectivity index (χ2v) is 4.75. The molecule has 2 aromatic carbocycles. The minimum Gasteiger partial charge on any atom is -0.494 e. The van der Waals surface area contributed by atoms with E-state index in [1.807, 2.05) is 57.3 Å². The Morgan fingerprint density at radius 3 is 2.40 bits per heavy atom. The monoisotopic (exact) mass is 273 g/mol. The molecule has 1 atom stereocenters. The SMILES string of the molecule is CCOc1ccc(C(NC)c2ccc(C)cc2F)cc1. The van der Waals surface area contributed by atoms with E-state index in [1.165, 1.54) is 0 Å². The quantitative estimate of drug-likeness (QED) is 0.893. The van der Waals surface area contributed by atoms with Crippen molar-refractivity contribution in [2.75, 3.05) is 13.7 Å². The van der Waals surface area contributed by atoms with E-state index in [2.05, 4.69) is 5.32 Å². The van der Waals surface area contributed by atoms with Crippen LogP contribution in [0.4, 0.5) is 4.39 Å². The molecule has 0 saturated heterocycles.